The number of anilines is 1. The Bertz CT molecular complexity index is 1420. The second kappa shape index (κ2) is 12.1. The Balaban J connectivity index is 1.54. The van der Waals surface area contributed by atoms with E-state index in [0.29, 0.717) is 18.0 Å². The average Bonchev–Trinajstić information content (AvgIpc) is 3.35. The van der Waals surface area contributed by atoms with Crippen molar-refractivity contribution in [3.05, 3.63) is 102 Å². The van der Waals surface area contributed by atoms with Crippen LogP contribution < -0.4 is 5.32 Å². The van der Waals surface area contributed by atoms with E-state index in [1.54, 1.807) is 23.9 Å². The minimum atomic E-state index is -0.311. The smallest absolute Gasteiger partial charge is 0.254 e. The summed E-state index contributed by atoms with van der Waals surface area (Å²) in [5.74, 6) is 0.0147. The van der Waals surface area contributed by atoms with Crippen LogP contribution in [0.5, 0.6) is 0 Å². The summed E-state index contributed by atoms with van der Waals surface area (Å²) in [7, 11) is 1.58. The van der Waals surface area contributed by atoms with Gasteiger partial charge in [-0.2, -0.15) is 5.10 Å². The van der Waals surface area contributed by atoms with Crippen LogP contribution in [0.2, 0.25) is 0 Å². The van der Waals surface area contributed by atoms with Gasteiger partial charge in [-0.25, -0.2) is 4.68 Å². The van der Waals surface area contributed by atoms with Crippen molar-refractivity contribution in [2.45, 2.75) is 33.1 Å². The zero-order valence-electron chi connectivity index (χ0n) is 23.3. The van der Waals surface area contributed by atoms with Gasteiger partial charge in [-0.15, -0.1) is 0 Å². The van der Waals surface area contributed by atoms with E-state index in [0.717, 1.165) is 28.1 Å². The van der Waals surface area contributed by atoms with Gasteiger partial charge in [-0.1, -0.05) is 75.4 Å². The van der Waals surface area contributed by atoms with Gasteiger partial charge in [-0.05, 0) is 47.9 Å². The van der Waals surface area contributed by atoms with Crippen LogP contribution in [0.1, 0.15) is 42.4 Å². The van der Waals surface area contributed by atoms with Crippen LogP contribution in [-0.4, -0.2) is 53.3 Å². The molecule has 1 heterocycles. The molecule has 0 atom stereocenters. The number of rotatable bonds is 9. The molecule has 0 aliphatic rings. The van der Waals surface area contributed by atoms with Crippen LogP contribution >= 0.6 is 0 Å². The van der Waals surface area contributed by atoms with Gasteiger partial charge in [0.05, 0.1) is 18.0 Å². The van der Waals surface area contributed by atoms with Crippen molar-refractivity contribution in [3.63, 3.8) is 0 Å². The first-order chi connectivity index (χ1) is 18.7. The van der Waals surface area contributed by atoms with E-state index in [2.05, 4.69) is 26.1 Å². The maximum atomic E-state index is 13.4. The number of nitrogens with zero attached hydrogens (tertiary/aromatic N) is 3. The lowest BCUT2D eigenvalue weighted by atomic mass is 9.92. The Morgan fingerprint density at radius 3 is 2.26 bits per heavy atom. The van der Waals surface area contributed by atoms with Gasteiger partial charge < -0.3 is 15.0 Å². The molecule has 3 aromatic carbocycles. The summed E-state index contributed by atoms with van der Waals surface area (Å²) in [5, 5.41) is 7.78. The third kappa shape index (κ3) is 7.00. The standard InChI is InChI=1S/C32H36N4O3/c1-23-10-9-13-27(20-23)36-29(21-28(34-36)32(2,3)4)33-30(37)22-35(18-19-39-5)31(38)26-16-14-25(15-17-26)24-11-7-6-8-12-24/h6-17,20-21H,18-19,22H2,1-5H3,(H,33,37). The molecule has 0 radical (unpaired) electrons. The molecule has 1 N–H and O–H groups in total. The molecule has 0 saturated carbocycles. The summed E-state index contributed by atoms with van der Waals surface area (Å²) >= 11 is 0. The summed E-state index contributed by atoms with van der Waals surface area (Å²) in [6.45, 7) is 8.74. The van der Waals surface area contributed by atoms with Crippen molar-refractivity contribution in [1.82, 2.24) is 14.7 Å². The molecule has 0 aliphatic carbocycles. The topological polar surface area (TPSA) is 76.5 Å². The van der Waals surface area contributed by atoms with Gasteiger partial charge >= 0.3 is 0 Å². The average molecular weight is 525 g/mol. The quantitative estimate of drug-likeness (QED) is 0.297. The largest absolute Gasteiger partial charge is 0.383 e. The van der Waals surface area contributed by atoms with Crippen molar-refractivity contribution in [1.29, 1.82) is 0 Å². The van der Waals surface area contributed by atoms with Crippen LogP contribution in [0.15, 0.2) is 84.9 Å². The number of nitrogens with one attached hydrogen (secondary N) is 1. The van der Waals surface area contributed by atoms with E-state index in [4.69, 9.17) is 9.84 Å². The fourth-order valence-electron chi connectivity index (χ4n) is 4.22. The second-order valence-corrected chi connectivity index (χ2v) is 10.6. The summed E-state index contributed by atoms with van der Waals surface area (Å²) in [6.07, 6.45) is 0. The van der Waals surface area contributed by atoms with Crippen molar-refractivity contribution in [2.75, 3.05) is 32.1 Å². The highest BCUT2D eigenvalue weighted by atomic mass is 16.5. The lowest BCUT2D eigenvalue weighted by molar-refractivity contribution is -0.117. The number of benzene rings is 3. The van der Waals surface area contributed by atoms with Gasteiger partial charge in [0.15, 0.2) is 0 Å². The Morgan fingerprint density at radius 2 is 1.62 bits per heavy atom. The van der Waals surface area contributed by atoms with E-state index >= 15 is 0 Å². The van der Waals surface area contributed by atoms with Crippen molar-refractivity contribution in [2.24, 2.45) is 0 Å². The minimum absolute atomic E-state index is 0.119. The first-order valence-corrected chi connectivity index (χ1v) is 13.1. The van der Waals surface area contributed by atoms with E-state index in [9.17, 15) is 9.59 Å². The zero-order chi connectivity index (χ0) is 28.0. The number of methoxy groups -OCH3 is 1. The molecule has 7 nitrogen and oxygen atoms in total. The highest BCUT2D eigenvalue weighted by molar-refractivity contribution is 5.99. The third-order valence-electron chi connectivity index (χ3n) is 6.42. The van der Waals surface area contributed by atoms with Crippen LogP contribution in [0.4, 0.5) is 5.82 Å². The molecule has 7 heteroatoms. The van der Waals surface area contributed by atoms with Crippen LogP contribution in [0.3, 0.4) is 0 Å². The number of carbonyl (C=O) groups excluding carboxylic acids is 2. The molecule has 0 unspecified atom stereocenters. The summed E-state index contributed by atoms with van der Waals surface area (Å²) < 4.78 is 6.97. The minimum Gasteiger partial charge on any atom is -0.383 e. The molecule has 0 fully saturated rings. The lowest BCUT2D eigenvalue weighted by Crippen LogP contribution is -2.40. The number of carbonyl (C=O) groups is 2. The molecular formula is C32H36N4O3. The predicted octanol–water partition coefficient (Wildman–Crippen LogP) is 5.87. The van der Waals surface area contributed by atoms with E-state index in [1.807, 2.05) is 79.7 Å². The van der Waals surface area contributed by atoms with Crippen molar-refractivity contribution < 1.29 is 14.3 Å². The summed E-state index contributed by atoms with van der Waals surface area (Å²) in [5.41, 5.74) is 5.20. The van der Waals surface area contributed by atoms with Gasteiger partial charge in [0, 0.05) is 30.7 Å². The lowest BCUT2D eigenvalue weighted by Gasteiger charge is -2.22. The van der Waals surface area contributed by atoms with Gasteiger partial charge in [0.1, 0.15) is 12.4 Å². The summed E-state index contributed by atoms with van der Waals surface area (Å²) in [6, 6.07) is 27.3. The predicted molar refractivity (Wildman–Crippen MR) is 155 cm³/mol. The normalized spacial score (nSPS) is 11.3. The van der Waals surface area contributed by atoms with E-state index < -0.39 is 0 Å². The van der Waals surface area contributed by atoms with Crippen molar-refractivity contribution in [3.8, 4) is 16.8 Å². The van der Waals surface area contributed by atoms with Crippen molar-refractivity contribution >= 4 is 17.6 Å². The molecule has 1 aromatic heterocycles. The first-order valence-electron chi connectivity index (χ1n) is 13.1. The number of aryl methyl sites for hydroxylation is 1. The van der Waals surface area contributed by atoms with E-state index in [1.165, 1.54) is 4.90 Å². The SMILES string of the molecule is COCCN(CC(=O)Nc1cc(C(C)(C)C)nn1-c1cccc(C)c1)C(=O)c1ccc(-c2ccccc2)cc1. The highest BCUT2D eigenvalue weighted by Crippen LogP contribution is 2.27. The first kappa shape index (κ1) is 27.8. The number of ether oxygens (including phenoxy) is 1. The molecule has 0 aliphatic heterocycles. The number of hydrogen-bond acceptors (Lipinski definition) is 4. The van der Waals surface area contributed by atoms with Gasteiger partial charge in [-0.3, -0.25) is 9.59 Å². The fourth-order valence-corrected chi connectivity index (χ4v) is 4.22. The maximum absolute atomic E-state index is 13.4. The molecule has 0 saturated heterocycles. The molecule has 0 bridgehead atoms. The second-order valence-electron chi connectivity index (χ2n) is 10.6. The van der Waals surface area contributed by atoms with Gasteiger partial charge in [0.25, 0.3) is 5.91 Å². The highest BCUT2D eigenvalue weighted by Gasteiger charge is 2.23. The Kier molecular flexibility index (Phi) is 8.62. The van der Waals surface area contributed by atoms with Crippen LogP contribution in [0, 0.1) is 6.92 Å². The Hall–Kier alpha value is -4.23. The molecular weight excluding hydrogens is 488 g/mol. The maximum Gasteiger partial charge on any atom is 0.254 e. The molecule has 0 spiro atoms. The van der Waals surface area contributed by atoms with Crippen LogP contribution in [-0.2, 0) is 14.9 Å². The number of aromatic nitrogens is 2. The fraction of sp³-hybridized carbons (Fsp3) is 0.281. The number of hydrogen-bond donors (Lipinski definition) is 1. The Labute approximate surface area is 230 Å². The molecule has 2 amide bonds. The molecule has 202 valence electrons. The summed E-state index contributed by atoms with van der Waals surface area (Å²) in [4.78, 5) is 28.2. The zero-order valence-corrected chi connectivity index (χ0v) is 23.3. The Morgan fingerprint density at radius 1 is 0.923 bits per heavy atom. The van der Waals surface area contributed by atoms with Gasteiger partial charge in [0.2, 0.25) is 5.91 Å². The monoisotopic (exact) mass is 524 g/mol. The third-order valence-corrected chi connectivity index (χ3v) is 6.42. The molecule has 4 rings (SSSR count). The molecule has 4 aromatic rings. The van der Waals surface area contributed by atoms with E-state index in [-0.39, 0.29) is 30.3 Å². The molecule has 39 heavy (non-hydrogen) atoms. The number of amides is 2. The van der Waals surface area contributed by atoms with Crippen LogP contribution in [0.25, 0.3) is 16.8 Å².